The van der Waals surface area contributed by atoms with Crippen molar-refractivity contribution in [1.82, 2.24) is 14.7 Å². The van der Waals surface area contributed by atoms with E-state index in [1.165, 1.54) is 12.8 Å². The summed E-state index contributed by atoms with van der Waals surface area (Å²) in [6, 6.07) is 0. The summed E-state index contributed by atoms with van der Waals surface area (Å²) < 4.78 is 6.84. The van der Waals surface area contributed by atoms with E-state index in [1.807, 2.05) is 0 Å². The molecule has 5 atom stereocenters. The first-order chi connectivity index (χ1) is 28.3. The third-order valence-electron chi connectivity index (χ3n) is 17.0. The third-order valence-corrected chi connectivity index (χ3v) is 17.0. The van der Waals surface area contributed by atoms with Crippen molar-refractivity contribution in [3.8, 4) is 0 Å². The molecule has 0 amide bonds. The lowest BCUT2D eigenvalue weighted by Gasteiger charge is -2.60. The number of esters is 1. The number of ether oxygens (including phenoxy) is 1. The normalized spacial score (nSPS) is 25.6. The Morgan fingerprint density at radius 3 is 1.32 bits per heavy atom. The maximum Gasteiger partial charge on any atom is 0.310 e. The van der Waals surface area contributed by atoms with Crippen LogP contribution in [0.5, 0.6) is 0 Å². The van der Waals surface area contributed by atoms with E-state index in [0.29, 0.717) is 18.3 Å². The molecule has 11 heteroatoms. The minimum atomic E-state index is -1.73. The van der Waals surface area contributed by atoms with Crippen molar-refractivity contribution in [2.75, 3.05) is 21.1 Å². The smallest absolute Gasteiger partial charge is 0.310 e. The molecule has 5 unspecified atom stereocenters. The lowest BCUT2D eigenvalue weighted by Crippen LogP contribution is -2.63. The molecule has 0 bridgehead atoms. The minimum absolute atomic E-state index is 0.0288. The molecule has 3 saturated heterocycles. The van der Waals surface area contributed by atoms with Gasteiger partial charge in [0.2, 0.25) is 0 Å². The van der Waals surface area contributed by atoms with Gasteiger partial charge in [0.25, 0.3) is 0 Å². The summed E-state index contributed by atoms with van der Waals surface area (Å²) in [7, 11) is 6.71. The van der Waals surface area contributed by atoms with Gasteiger partial charge in [0.1, 0.15) is 6.10 Å². The summed E-state index contributed by atoms with van der Waals surface area (Å²) in [4.78, 5) is 59.4. The summed E-state index contributed by atoms with van der Waals surface area (Å²) in [6.07, 6.45) is 12.6. The monoisotopic (exact) mass is 876 g/mol. The Hall–Kier alpha value is -2.24. The first-order valence-corrected chi connectivity index (χ1v) is 24.4. The minimum Gasteiger partial charge on any atom is -0.481 e. The summed E-state index contributed by atoms with van der Waals surface area (Å²) >= 11 is 0. The molecule has 3 aliphatic rings. The average Bonchev–Trinajstić information content (AvgIpc) is 3.11. The van der Waals surface area contributed by atoms with E-state index >= 15 is 0 Å². The summed E-state index contributed by atoms with van der Waals surface area (Å²) in [5.74, 6) is -7.62. The summed E-state index contributed by atoms with van der Waals surface area (Å²) in [6.45, 7) is 30.4. The van der Waals surface area contributed by atoms with Crippen LogP contribution < -0.4 is 0 Å². The molecular formula is C51H93N3O8. The van der Waals surface area contributed by atoms with Gasteiger partial charge in [-0.2, -0.15) is 0 Å². The van der Waals surface area contributed by atoms with Crippen LogP contribution in [0.3, 0.4) is 0 Å². The molecule has 3 rings (SSSR count). The van der Waals surface area contributed by atoms with Gasteiger partial charge in [-0.15, -0.1) is 0 Å². The molecule has 360 valence electrons. The average molecular weight is 876 g/mol. The quantitative estimate of drug-likeness (QED) is 0.0705. The highest BCUT2D eigenvalue weighted by atomic mass is 16.5. The van der Waals surface area contributed by atoms with Gasteiger partial charge in [0.15, 0.2) is 0 Å². The van der Waals surface area contributed by atoms with Gasteiger partial charge in [-0.25, -0.2) is 0 Å². The Balaban J connectivity index is 2.35. The predicted octanol–water partition coefficient (Wildman–Crippen LogP) is 10.6. The number of carbonyl (C=O) groups is 4. The van der Waals surface area contributed by atoms with E-state index in [1.54, 1.807) is 0 Å². The number of piperidine rings is 3. The van der Waals surface area contributed by atoms with Crippen molar-refractivity contribution in [1.29, 1.82) is 0 Å². The highest BCUT2D eigenvalue weighted by Gasteiger charge is 2.55. The van der Waals surface area contributed by atoms with Gasteiger partial charge in [-0.05, 0) is 186 Å². The fraction of sp³-hybridized carbons (Fsp3) is 0.922. The number of hydrogen-bond acceptors (Lipinski definition) is 8. The number of carboxylic acid groups (broad SMARTS) is 3. The van der Waals surface area contributed by atoms with Gasteiger partial charge < -0.3 is 20.1 Å². The van der Waals surface area contributed by atoms with Crippen molar-refractivity contribution < 1.29 is 39.2 Å². The zero-order valence-corrected chi connectivity index (χ0v) is 42.4. The van der Waals surface area contributed by atoms with Crippen LogP contribution in [0, 0.1) is 41.4 Å². The summed E-state index contributed by atoms with van der Waals surface area (Å²) in [5, 5.41) is 30.1. The van der Waals surface area contributed by atoms with Crippen molar-refractivity contribution in [3.05, 3.63) is 0 Å². The molecule has 3 heterocycles. The zero-order valence-electron chi connectivity index (χ0n) is 42.4. The molecule has 11 nitrogen and oxygen atoms in total. The zero-order chi connectivity index (χ0) is 47.4. The first-order valence-electron chi connectivity index (χ1n) is 24.4. The summed E-state index contributed by atoms with van der Waals surface area (Å²) in [5.41, 5.74) is -0.609. The lowest BCUT2D eigenvalue weighted by molar-refractivity contribution is -0.175. The Morgan fingerprint density at radius 2 is 0.919 bits per heavy atom. The second-order valence-corrected chi connectivity index (χ2v) is 24.3. The molecular weight excluding hydrogens is 783 g/mol. The standard InChI is InChI=1S/C51H93N3O8/c1-17-18-19-20-21-22-23-24-40(62-45(61)39(27-42(57)58)38(44(59)60)26-41(55)56)43(36-32-50(10,11)54(16)51(12,13)33-36)37(35-30-48(6,7)53(15)49(8,9)31-35)25-34-28-46(2,3)52(14)47(4,5)29-34/h34-40,43H,17-33H2,1-16H3,(H,55,56)(H,57,58)(H,59,60). The van der Waals surface area contributed by atoms with Gasteiger partial charge >= 0.3 is 23.9 Å². The van der Waals surface area contributed by atoms with Crippen LogP contribution in [-0.2, 0) is 23.9 Å². The molecule has 62 heavy (non-hydrogen) atoms. The fourth-order valence-corrected chi connectivity index (χ4v) is 13.2. The maximum absolute atomic E-state index is 14.8. The molecule has 0 saturated carbocycles. The predicted molar refractivity (Wildman–Crippen MR) is 249 cm³/mol. The van der Waals surface area contributed by atoms with Gasteiger partial charge in [0.05, 0.1) is 24.7 Å². The van der Waals surface area contributed by atoms with E-state index in [0.717, 1.165) is 77.0 Å². The van der Waals surface area contributed by atoms with Crippen molar-refractivity contribution in [3.63, 3.8) is 0 Å². The topological polar surface area (TPSA) is 148 Å². The molecule has 3 aliphatic heterocycles. The van der Waals surface area contributed by atoms with Gasteiger partial charge in [0, 0.05) is 39.2 Å². The van der Waals surface area contributed by atoms with Crippen LogP contribution in [0.1, 0.15) is 199 Å². The van der Waals surface area contributed by atoms with E-state index in [9.17, 15) is 34.5 Å². The number of carboxylic acids is 3. The largest absolute Gasteiger partial charge is 0.481 e. The fourth-order valence-electron chi connectivity index (χ4n) is 13.2. The molecule has 0 aliphatic carbocycles. The third kappa shape index (κ3) is 13.6. The van der Waals surface area contributed by atoms with Crippen molar-refractivity contribution >= 4 is 23.9 Å². The van der Waals surface area contributed by atoms with Gasteiger partial charge in [-0.3, -0.25) is 33.9 Å². The second-order valence-electron chi connectivity index (χ2n) is 24.3. The Labute approximate surface area is 377 Å². The number of carbonyl (C=O) groups excluding carboxylic acids is 1. The molecule has 0 aromatic rings. The van der Waals surface area contributed by atoms with Crippen LogP contribution in [0.2, 0.25) is 0 Å². The SMILES string of the molecule is CCCCCCCCCC(OC(=O)C(CC(=O)O)C(CC(=O)O)C(=O)O)C(C1CC(C)(C)N(C)C(C)(C)C1)C(CC1CC(C)(C)N(C)C(C)(C)C1)C1CC(C)(C)N(C)C(C)(C)C1. The van der Waals surface area contributed by atoms with E-state index in [4.69, 9.17) is 4.74 Å². The van der Waals surface area contributed by atoms with Crippen LogP contribution in [0.4, 0.5) is 0 Å². The molecule has 0 aromatic carbocycles. The number of likely N-dealkylation sites (tertiary alicyclic amines) is 3. The number of rotatable bonds is 22. The highest BCUT2D eigenvalue weighted by Crippen LogP contribution is 2.55. The van der Waals surface area contributed by atoms with Crippen LogP contribution in [-0.4, -0.2) is 114 Å². The van der Waals surface area contributed by atoms with E-state index < -0.39 is 54.7 Å². The Kier molecular flexibility index (Phi) is 18.3. The van der Waals surface area contributed by atoms with E-state index in [2.05, 4.69) is 126 Å². The highest BCUT2D eigenvalue weighted by molar-refractivity contribution is 5.87. The second kappa shape index (κ2) is 20.9. The van der Waals surface area contributed by atoms with Crippen LogP contribution >= 0.6 is 0 Å². The van der Waals surface area contributed by atoms with Crippen molar-refractivity contribution in [2.24, 2.45) is 41.4 Å². The number of unbranched alkanes of at least 4 members (excludes halogenated alkanes) is 6. The van der Waals surface area contributed by atoms with Crippen LogP contribution in [0.15, 0.2) is 0 Å². The molecule has 0 aromatic heterocycles. The van der Waals surface area contributed by atoms with Crippen LogP contribution in [0.25, 0.3) is 0 Å². The van der Waals surface area contributed by atoms with Crippen molar-refractivity contribution in [2.45, 2.75) is 239 Å². The number of nitrogens with zero attached hydrogens (tertiary/aromatic N) is 3. The number of aliphatic carboxylic acids is 3. The molecule has 0 radical (unpaired) electrons. The number of hydrogen-bond donors (Lipinski definition) is 3. The Morgan fingerprint density at radius 1 is 0.548 bits per heavy atom. The van der Waals surface area contributed by atoms with Gasteiger partial charge in [-0.1, -0.05) is 45.4 Å². The molecule has 0 spiro atoms. The molecule has 3 N–H and O–H groups in total. The lowest BCUT2D eigenvalue weighted by atomic mass is 9.56. The maximum atomic E-state index is 14.8. The van der Waals surface area contributed by atoms with E-state index in [-0.39, 0.29) is 51.0 Å². The first kappa shape index (κ1) is 54.1. The molecule has 3 fully saturated rings. The Bertz CT molecular complexity index is 1470.